The molecule has 0 unspecified atom stereocenters. The van der Waals surface area contributed by atoms with E-state index in [0.29, 0.717) is 6.07 Å². The van der Waals surface area contributed by atoms with Crippen molar-refractivity contribution in [1.29, 1.82) is 0 Å². The largest absolute Gasteiger partial charge is 0.491 e. The fourth-order valence-electron chi connectivity index (χ4n) is 1.88. The summed E-state index contributed by atoms with van der Waals surface area (Å²) in [4.78, 5) is 24.1. The lowest BCUT2D eigenvalue weighted by Crippen LogP contribution is -2.28. The second-order valence-corrected chi connectivity index (χ2v) is 6.64. The van der Waals surface area contributed by atoms with Crippen LogP contribution in [0, 0.1) is 10.1 Å². The van der Waals surface area contributed by atoms with Gasteiger partial charge in [-0.3, -0.25) is 10.1 Å². The molecule has 0 bridgehead atoms. The second-order valence-electron chi connectivity index (χ2n) is 4.78. The molecule has 27 heavy (non-hydrogen) atoms. The number of hydrogen-bond donors (Lipinski definition) is 0. The minimum atomic E-state index is -5.47. The summed E-state index contributed by atoms with van der Waals surface area (Å²) in [6, 6.07) is 6.82. The molecule has 2 aromatic rings. The Labute approximate surface area is 149 Å². The molecule has 2 rings (SSSR count). The molecule has 0 aliphatic heterocycles. The van der Waals surface area contributed by atoms with E-state index in [0.717, 1.165) is 19.2 Å². The van der Waals surface area contributed by atoms with E-state index in [4.69, 9.17) is 0 Å². The average Bonchev–Trinajstić information content (AvgIpc) is 2.60. The number of benzene rings is 1. The topological polar surface area (TPSA) is 126 Å². The Morgan fingerprint density at radius 3 is 2.30 bits per heavy atom. The van der Waals surface area contributed by atoms with Crippen LogP contribution in [0.3, 0.4) is 0 Å². The maximum atomic E-state index is 12.7. The molecule has 1 aromatic heterocycles. The normalized spacial score (nSPS) is 11.7. The van der Waals surface area contributed by atoms with Gasteiger partial charge in [0.2, 0.25) is 26.5 Å². The van der Waals surface area contributed by atoms with Gasteiger partial charge in [-0.15, -0.1) is 0 Å². The van der Waals surface area contributed by atoms with Crippen LogP contribution in [0.5, 0.6) is 11.6 Å². The molecule has 1 aromatic carbocycles. The lowest BCUT2D eigenvalue weighted by atomic mass is 10.3. The van der Waals surface area contributed by atoms with Gasteiger partial charge in [0.25, 0.3) is 0 Å². The highest BCUT2D eigenvalue weighted by atomic mass is 32.2. The van der Waals surface area contributed by atoms with Crippen molar-refractivity contribution in [3.05, 3.63) is 46.5 Å². The lowest BCUT2D eigenvalue weighted by Gasteiger charge is -2.11. The summed E-state index contributed by atoms with van der Waals surface area (Å²) < 4.78 is 71.3. The maximum absolute atomic E-state index is 12.7. The van der Waals surface area contributed by atoms with Crippen LogP contribution >= 0.6 is 0 Å². The summed E-state index contributed by atoms with van der Waals surface area (Å²) in [5.74, 6) is -4.66. The predicted octanol–water partition coefficient (Wildman–Crippen LogP) is 2.30. The summed E-state index contributed by atoms with van der Waals surface area (Å²) >= 11 is 0. The van der Waals surface area contributed by atoms with Gasteiger partial charge in [-0.25, -0.2) is 13.2 Å². The molecular weight excluding hydrogens is 397 g/mol. The van der Waals surface area contributed by atoms with E-state index in [2.05, 4.69) is 14.5 Å². The predicted molar refractivity (Wildman–Crippen MR) is 81.0 cm³/mol. The molecule has 144 valence electrons. The number of alkyl halides is 3. The Morgan fingerprint density at radius 2 is 1.81 bits per heavy atom. The number of nitro groups is 1. The third kappa shape index (κ3) is 4.13. The van der Waals surface area contributed by atoms with E-state index in [1.165, 1.54) is 18.2 Å². The summed E-state index contributed by atoms with van der Waals surface area (Å²) in [7, 11) is -3.66. The van der Waals surface area contributed by atoms with Crippen molar-refractivity contribution in [2.75, 3.05) is 7.11 Å². The molecule has 0 saturated heterocycles. The number of sulfone groups is 1. The van der Waals surface area contributed by atoms with Gasteiger partial charge in [-0.1, -0.05) is 18.2 Å². The van der Waals surface area contributed by atoms with Gasteiger partial charge >= 0.3 is 17.8 Å². The lowest BCUT2D eigenvalue weighted by molar-refractivity contribution is -0.389. The average molecular weight is 406 g/mol. The number of rotatable bonds is 5. The number of ether oxygens (including phenoxy) is 2. The minimum absolute atomic E-state index is 0.415. The quantitative estimate of drug-likeness (QED) is 0.421. The number of methoxy groups -OCH3 is 1. The standard InChI is InChI=1S/C14H9F3N2O7S/c1-25-10-7-9(26-13(20)14(15,16)17)11(19(21)22)12(18-10)27(23,24)8-5-3-2-4-6-8/h2-7H,1H3. The number of nitrogens with zero attached hydrogens (tertiary/aromatic N) is 2. The first-order valence-electron chi connectivity index (χ1n) is 6.81. The van der Waals surface area contributed by atoms with Crippen LogP contribution in [0.1, 0.15) is 0 Å². The fraction of sp³-hybridized carbons (Fsp3) is 0.143. The molecule has 0 radical (unpaired) electrons. The van der Waals surface area contributed by atoms with Crippen molar-refractivity contribution >= 4 is 21.5 Å². The molecule has 1 heterocycles. The maximum Gasteiger partial charge on any atom is 0.491 e. The van der Waals surface area contributed by atoms with Crippen molar-refractivity contribution in [1.82, 2.24) is 4.98 Å². The monoisotopic (exact) mass is 406 g/mol. The number of carbonyl (C=O) groups is 1. The van der Waals surface area contributed by atoms with Crippen LogP contribution in [-0.2, 0) is 14.6 Å². The summed E-state index contributed by atoms with van der Waals surface area (Å²) in [6.07, 6.45) is -5.47. The Morgan fingerprint density at radius 1 is 1.22 bits per heavy atom. The molecular formula is C14H9F3N2O7S. The van der Waals surface area contributed by atoms with Gasteiger partial charge < -0.3 is 9.47 Å². The van der Waals surface area contributed by atoms with E-state index in [1.54, 1.807) is 0 Å². The van der Waals surface area contributed by atoms with Gasteiger partial charge in [0.1, 0.15) is 0 Å². The molecule has 0 atom stereocenters. The van der Waals surface area contributed by atoms with Crippen molar-refractivity contribution < 1.29 is 40.8 Å². The number of carbonyl (C=O) groups excluding carboxylic acids is 1. The Kier molecular flexibility index (Phi) is 5.35. The SMILES string of the molecule is COc1cc(OC(=O)C(F)(F)F)c([N+](=O)[O-])c(S(=O)(=O)c2ccccc2)n1. The van der Waals surface area contributed by atoms with Crippen molar-refractivity contribution in [3.63, 3.8) is 0 Å². The minimum Gasteiger partial charge on any atom is -0.481 e. The smallest absolute Gasteiger partial charge is 0.481 e. The highest BCUT2D eigenvalue weighted by molar-refractivity contribution is 7.91. The number of halogens is 3. The Hall–Kier alpha value is -3.22. The molecule has 0 aliphatic carbocycles. The van der Waals surface area contributed by atoms with E-state index in [1.807, 2.05) is 0 Å². The van der Waals surface area contributed by atoms with Crippen LogP contribution in [0.2, 0.25) is 0 Å². The Balaban J connectivity index is 2.76. The van der Waals surface area contributed by atoms with Crippen LogP contribution in [0.4, 0.5) is 18.9 Å². The zero-order valence-corrected chi connectivity index (χ0v) is 14.1. The zero-order chi connectivity index (χ0) is 20.4. The first kappa shape index (κ1) is 20.1. The van der Waals surface area contributed by atoms with Crippen molar-refractivity contribution in [3.8, 4) is 11.6 Å². The van der Waals surface area contributed by atoms with E-state index < -0.39 is 54.1 Å². The van der Waals surface area contributed by atoms with Gasteiger partial charge in [0.15, 0.2) is 0 Å². The molecule has 0 saturated carbocycles. The number of esters is 1. The molecule has 9 nitrogen and oxygen atoms in total. The third-order valence-electron chi connectivity index (χ3n) is 3.04. The second kappa shape index (κ2) is 7.19. The van der Waals surface area contributed by atoms with E-state index in [9.17, 15) is 36.5 Å². The highest BCUT2D eigenvalue weighted by Gasteiger charge is 2.44. The Bertz CT molecular complexity index is 992. The summed E-state index contributed by atoms with van der Waals surface area (Å²) in [6.45, 7) is 0. The van der Waals surface area contributed by atoms with Crippen LogP contribution < -0.4 is 9.47 Å². The van der Waals surface area contributed by atoms with Gasteiger partial charge in [-0.2, -0.15) is 18.2 Å². The number of aromatic nitrogens is 1. The van der Waals surface area contributed by atoms with Crippen molar-refractivity contribution in [2.45, 2.75) is 16.1 Å². The summed E-state index contributed by atoms with van der Waals surface area (Å²) in [5.41, 5.74) is -1.43. The first-order chi connectivity index (χ1) is 12.5. The van der Waals surface area contributed by atoms with E-state index >= 15 is 0 Å². The van der Waals surface area contributed by atoms with Crippen LogP contribution in [0.15, 0.2) is 46.3 Å². The zero-order valence-electron chi connectivity index (χ0n) is 13.3. The van der Waals surface area contributed by atoms with E-state index in [-0.39, 0.29) is 0 Å². The molecule has 0 fully saturated rings. The number of hydrogen-bond acceptors (Lipinski definition) is 8. The number of pyridine rings is 1. The van der Waals surface area contributed by atoms with Crippen LogP contribution in [0.25, 0.3) is 0 Å². The highest BCUT2D eigenvalue weighted by Crippen LogP contribution is 2.39. The van der Waals surface area contributed by atoms with Gasteiger partial charge in [0.05, 0.1) is 23.0 Å². The molecule has 0 spiro atoms. The molecule has 13 heteroatoms. The van der Waals surface area contributed by atoms with Gasteiger partial charge in [0, 0.05) is 0 Å². The van der Waals surface area contributed by atoms with Gasteiger partial charge in [-0.05, 0) is 12.1 Å². The molecule has 0 N–H and O–H groups in total. The van der Waals surface area contributed by atoms with Crippen LogP contribution in [-0.4, -0.2) is 37.6 Å². The molecule has 0 amide bonds. The van der Waals surface area contributed by atoms with Crippen molar-refractivity contribution in [2.24, 2.45) is 0 Å². The fourth-order valence-corrected chi connectivity index (χ4v) is 3.26. The third-order valence-corrected chi connectivity index (χ3v) is 4.72. The molecule has 0 aliphatic rings. The first-order valence-corrected chi connectivity index (χ1v) is 8.29. The summed E-state index contributed by atoms with van der Waals surface area (Å²) in [5, 5.41) is 10.1.